The summed E-state index contributed by atoms with van der Waals surface area (Å²) >= 11 is 0. The normalized spacial score (nSPS) is 12.6. The molecule has 1 rings (SSSR count). The fourth-order valence-corrected chi connectivity index (χ4v) is 2.73. The van der Waals surface area contributed by atoms with Crippen molar-refractivity contribution >= 4 is 20.1 Å². The third kappa shape index (κ3) is 3.96. The van der Waals surface area contributed by atoms with E-state index in [0.29, 0.717) is 0 Å². The average Bonchev–Trinajstić information content (AvgIpc) is 2.16. The molecule has 0 aliphatic heterocycles. The molecule has 1 aromatic carbocycles. The minimum absolute atomic E-state index is 0.0614. The first-order valence-electron chi connectivity index (χ1n) is 3.81. The van der Waals surface area contributed by atoms with E-state index in [1.165, 1.54) is 24.3 Å². The van der Waals surface area contributed by atoms with E-state index in [2.05, 4.69) is 0 Å². The van der Waals surface area contributed by atoms with Crippen molar-refractivity contribution in [3.05, 3.63) is 30.3 Å². The van der Waals surface area contributed by atoms with Crippen LogP contribution in [0.15, 0.2) is 35.2 Å². The number of nitrogens with one attached hydrogen (secondary N) is 1. The zero-order valence-electron chi connectivity index (χ0n) is 7.49. The van der Waals surface area contributed by atoms with Crippen molar-refractivity contribution in [2.75, 3.05) is 5.88 Å². The van der Waals surface area contributed by atoms with E-state index in [-0.39, 0.29) is 4.90 Å². The number of benzene rings is 1. The number of rotatable bonds is 4. The van der Waals surface area contributed by atoms with Crippen LogP contribution in [0, 0.1) is 0 Å². The highest BCUT2D eigenvalue weighted by atomic mass is 32.2. The van der Waals surface area contributed by atoms with Gasteiger partial charge in [0.2, 0.25) is 10.0 Å². The number of hydrogen-bond acceptors (Lipinski definition) is 4. The molecular weight excluding hydrogens is 242 g/mol. The summed E-state index contributed by atoms with van der Waals surface area (Å²) in [7, 11) is -8.24. The lowest BCUT2D eigenvalue weighted by atomic mass is 10.4. The summed E-state index contributed by atoms with van der Waals surface area (Å²) in [6, 6.07) is 7.25. The highest BCUT2D eigenvalue weighted by molar-refractivity contribution is 7.91. The van der Waals surface area contributed by atoms with E-state index in [0.717, 1.165) is 0 Å². The van der Waals surface area contributed by atoms with Crippen molar-refractivity contribution in [2.45, 2.75) is 4.90 Å². The molecule has 1 aromatic rings. The zero-order chi connectivity index (χ0) is 11.5. The minimum Gasteiger partial charge on any atom is -0.285 e. The molecule has 0 radical (unpaired) electrons. The minimum atomic E-state index is -4.36. The molecule has 15 heavy (non-hydrogen) atoms. The fourth-order valence-electron chi connectivity index (χ4n) is 0.835. The van der Waals surface area contributed by atoms with Crippen molar-refractivity contribution in [3.8, 4) is 0 Å². The van der Waals surface area contributed by atoms with Gasteiger partial charge in [-0.3, -0.25) is 4.55 Å². The molecule has 84 valence electrons. The summed E-state index contributed by atoms with van der Waals surface area (Å²) in [6.07, 6.45) is 0. The Morgan fingerprint density at radius 1 is 1.07 bits per heavy atom. The Kier molecular flexibility index (Phi) is 3.45. The lowest BCUT2D eigenvalue weighted by Gasteiger charge is -2.04. The van der Waals surface area contributed by atoms with Gasteiger partial charge in [-0.1, -0.05) is 18.2 Å². The Morgan fingerprint density at radius 3 is 2.07 bits per heavy atom. The Bertz CT molecular complexity index is 520. The third-order valence-corrected chi connectivity index (χ3v) is 3.59. The van der Waals surface area contributed by atoms with Gasteiger partial charge < -0.3 is 0 Å². The molecule has 0 aliphatic rings. The highest BCUT2D eigenvalue weighted by Gasteiger charge is 2.16. The summed E-state index contributed by atoms with van der Waals surface area (Å²) in [5.41, 5.74) is 0. The topological polar surface area (TPSA) is 101 Å². The first kappa shape index (κ1) is 12.1. The summed E-state index contributed by atoms with van der Waals surface area (Å²) in [5.74, 6) is -1.04. The van der Waals surface area contributed by atoms with Gasteiger partial charge in [-0.15, -0.1) is 0 Å². The van der Waals surface area contributed by atoms with Crippen LogP contribution in [0.2, 0.25) is 0 Å². The van der Waals surface area contributed by atoms with E-state index in [1.807, 2.05) is 0 Å². The standard InChI is InChI=1S/C7H9NO5S2/c9-14(10,11)6-8-15(12,13)7-4-2-1-3-5-7/h1-5,8H,6H2,(H,9,10,11). The van der Waals surface area contributed by atoms with Gasteiger partial charge in [0, 0.05) is 0 Å². The Hall–Kier alpha value is -0.960. The van der Waals surface area contributed by atoms with Gasteiger partial charge >= 0.3 is 0 Å². The summed E-state index contributed by atoms with van der Waals surface area (Å²) in [6.45, 7) is 0. The second-order valence-electron chi connectivity index (χ2n) is 2.69. The van der Waals surface area contributed by atoms with Crippen LogP contribution in [0.25, 0.3) is 0 Å². The molecule has 2 N–H and O–H groups in total. The van der Waals surface area contributed by atoms with Gasteiger partial charge in [0.05, 0.1) is 4.90 Å². The SMILES string of the molecule is O=S(=O)(O)CNS(=O)(=O)c1ccccc1. The summed E-state index contributed by atoms with van der Waals surface area (Å²) in [4.78, 5) is -0.0614. The number of sulfonamides is 1. The average molecular weight is 251 g/mol. The molecule has 0 amide bonds. The first-order valence-corrected chi connectivity index (χ1v) is 6.90. The molecular formula is C7H9NO5S2. The second kappa shape index (κ2) is 4.27. The summed E-state index contributed by atoms with van der Waals surface area (Å²) in [5, 5.41) is 0. The molecule has 6 nitrogen and oxygen atoms in total. The molecule has 0 fully saturated rings. The largest absolute Gasteiger partial charge is 0.285 e. The maximum atomic E-state index is 11.4. The molecule has 0 heterocycles. The van der Waals surface area contributed by atoms with Crippen molar-refractivity contribution in [2.24, 2.45) is 0 Å². The smallest absolute Gasteiger partial charge is 0.279 e. The molecule has 0 saturated carbocycles. The zero-order valence-corrected chi connectivity index (χ0v) is 9.12. The van der Waals surface area contributed by atoms with Gasteiger partial charge in [0.25, 0.3) is 10.1 Å². The van der Waals surface area contributed by atoms with Gasteiger partial charge in [0.1, 0.15) is 5.88 Å². The third-order valence-electron chi connectivity index (χ3n) is 1.48. The van der Waals surface area contributed by atoms with Crippen LogP contribution in [0.1, 0.15) is 0 Å². The second-order valence-corrected chi connectivity index (χ2v) is 5.91. The van der Waals surface area contributed by atoms with Crippen LogP contribution >= 0.6 is 0 Å². The maximum absolute atomic E-state index is 11.4. The summed E-state index contributed by atoms with van der Waals surface area (Å²) < 4.78 is 53.6. The molecule has 0 atom stereocenters. The van der Waals surface area contributed by atoms with Crippen molar-refractivity contribution in [1.82, 2.24) is 4.72 Å². The Labute approximate surface area is 87.7 Å². The van der Waals surface area contributed by atoms with E-state index < -0.39 is 26.0 Å². The Morgan fingerprint density at radius 2 is 1.60 bits per heavy atom. The lowest BCUT2D eigenvalue weighted by molar-refractivity contribution is 0.480. The lowest BCUT2D eigenvalue weighted by Crippen LogP contribution is -2.29. The molecule has 0 unspecified atom stereocenters. The van der Waals surface area contributed by atoms with E-state index in [4.69, 9.17) is 4.55 Å². The van der Waals surface area contributed by atoms with Crippen LogP contribution in [-0.2, 0) is 20.1 Å². The van der Waals surface area contributed by atoms with E-state index in [1.54, 1.807) is 10.8 Å². The van der Waals surface area contributed by atoms with Gasteiger partial charge in [-0.25, -0.2) is 8.42 Å². The Balaban J connectivity index is 2.87. The van der Waals surface area contributed by atoms with Crippen LogP contribution in [0.5, 0.6) is 0 Å². The molecule has 8 heteroatoms. The van der Waals surface area contributed by atoms with Gasteiger partial charge in [0.15, 0.2) is 0 Å². The van der Waals surface area contributed by atoms with Crippen LogP contribution < -0.4 is 4.72 Å². The quantitative estimate of drug-likeness (QED) is 0.722. The van der Waals surface area contributed by atoms with Gasteiger partial charge in [-0.2, -0.15) is 13.1 Å². The predicted molar refractivity (Wildman–Crippen MR) is 53.2 cm³/mol. The number of hydrogen-bond donors (Lipinski definition) is 2. The van der Waals surface area contributed by atoms with E-state index in [9.17, 15) is 16.8 Å². The first-order chi connectivity index (χ1) is 6.81. The molecule has 0 aromatic heterocycles. The van der Waals surface area contributed by atoms with Crippen molar-refractivity contribution < 1.29 is 21.4 Å². The van der Waals surface area contributed by atoms with Crippen molar-refractivity contribution in [3.63, 3.8) is 0 Å². The van der Waals surface area contributed by atoms with Crippen LogP contribution in [0.3, 0.4) is 0 Å². The molecule has 0 aliphatic carbocycles. The van der Waals surface area contributed by atoms with E-state index >= 15 is 0 Å². The molecule has 0 spiro atoms. The molecule has 0 bridgehead atoms. The predicted octanol–water partition coefficient (Wildman–Crippen LogP) is -0.190. The van der Waals surface area contributed by atoms with Crippen molar-refractivity contribution in [1.29, 1.82) is 0 Å². The van der Waals surface area contributed by atoms with Crippen LogP contribution in [0.4, 0.5) is 0 Å². The fraction of sp³-hybridized carbons (Fsp3) is 0.143. The molecule has 0 saturated heterocycles. The van der Waals surface area contributed by atoms with Gasteiger partial charge in [-0.05, 0) is 12.1 Å². The van der Waals surface area contributed by atoms with Crippen LogP contribution in [-0.4, -0.2) is 27.3 Å². The maximum Gasteiger partial charge on any atom is 0.279 e. The monoisotopic (exact) mass is 251 g/mol. The highest BCUT2D eigenvalue weighted by Crippen LogP contribution is 2.06.